The fraction of sp³-hybridized carbons (Fsp3) is 0.571. The molecule has 0 aliphatic heterocycles. The van der Waals surface area contributed by atoms with Gasteiger partial charge in [-0.15, -0.1) is 0 Å². The summed E-state index contributed by atoms with van der Waals surface area (Å²) in [7, 11) is 0. The van der Waals surface area contributed by atoms with E-state index in [1.807, 2.05) is 0 Å². The zero-order chi connectivity index (χ0) is 13.7. The molecule has 2 rings (SSSR count). The molecule has 0 radical (unpaired) electrons. The van der Waals surface area contributed by atoms with Crippen LogP contribution in [0.2, 0.25) is 5.02 Å². The van der Waals surface area contributed by atoms with Crippen molar-refractivity contribution >= 4 is 17.3 Å². The fourth-order valence-electron chi connectivity index (χ4n) is 2.41. The SMILES string of the molecule is O=[N+]([O-])c1cc(COC2CCCCCC2)ccc1Cl. The van der Waals surface area contributed by atoms with Crippen LogP contribution < -0.4 is 0 Å². The van der Waals surface area contributed by atoms with Gasteiger partial charge in [-0.1, -0.05) is 43.4 Å². The van der Waals surface area contributed by atoms with Crippen molar-refractivity contribution in [3.05, 3.63) is 38.9 Å². The summed E-state index contributed by atoms with van der Waals surface area (Å²) in [6, 6.07) is 4.84. The Labute approximate surface area is 117 Å². The second kappa shape index (κ2) is 6.87. The Bertz CT molecular complexity index is 442. The maximum atomic E-state index is 10.8. The Balaban J connectivity index is 1.95. The van der Waals surface area contributed by atoms with Gasteiger partial charge in [-0.25, -0.2) is 0 Å². The highest BCUT2D eigenvalue weighted by molar-refractivity contribution is 6.32. The summed E-state index contributed by atoms with van der Waals surface area (Å²) in [5, 5.41) is 11.0. The first kappa shape index (κ1) is 14.3. The fourth-order valence-corrected chi connectivity index (χ4v) is 2.60. The first-order chi connectivity index (χ1) is 9.16. The summed E-state index contributed by atoms with van der Waals surface area (Å²) >= 11 is 5.78. The molecule has 1 aliphatic rings. The minimum absolute atomic E-state index is 0.0522. The van der Waals surface area contributed by atoms with Crippen LogP contribution in [0.4, 0.5) is 5.69 Å². The van der Waals surface area contributed by atoms with Gasteiger partial charge in [0, 0.05) is 6.07 Å². The molecule has 5 heteroatoms. The number of hydrogen-bond donors (Lipinski definition) is 0. The summed E-state index contributed by atoms with van der Waals surface area (Å²) in [5.41, 5.74) is 0.754. The average molecular weight is 284 g/mol. The molecule has 0 amide bonds. The Morgan fingerprint density at radius 3 is 2.58 bits per heavy atom. The molecule has 1 aliphatic carbocycles. The van der Waals surface area contributed by atoms with Crippen LogP contribution in [-0.4, -0.2) is 11.0 Å². The largest absolute Gasteiger partial charge is 0.374 e. The lowest BCUT2D eigenvalue weighted by Crippen LogP contribution is -2.11. The molecule has 0 unspecified atom stereocenters. The van der Waals surface area contributed by atoms with Crippen molar-refractivity contribution < 1.29 is 9.66 Å². The van der Waals surface area contributed by atoms with Gasteiger partial charge in [0.2, 0.25) is 0 Å². The van der Waals surface area contributed by atoms with E-state index in [0.29, 0.717) is 6.61 Å². The minimum Gasteiger partial charge on any atom is -0.374 e. The monoisotopic (exact) mass is 283 g/mol. The topological polar surface area (TPSA) is 52.4 Å². The zero-order valence-electron chi connectivity index (χ0n) is 10.8. The second-order valence-electron chi connectivity index (χ2n) is 4.97. The Morgan fingerprint density at radius 2 is 1.95 bits per heavy atom. The highest BCUT2D eigenvalue weighted by Crippen LogP contribution is 2.26. The average Bonchev–Trinajstić information content (AvgIpc) is 2.66. The predicted octanol–water partition coefficient (Wildman–Crippen LogP) is 4.49. The summed E-state index contributed by atoms with van der Waals surface area (Å²) in [6.07, 6.45) is 7.47. The third-order valence-electron chi connectivity index (χ3n) is 3.50. The van der Waals surface area contributed by atoms with Gasteiger partial charge >= 0.3 is 0 Å². The quantitative estimate of drug-likeness (QED) is 0.465. The Kier molecular flexibility index (Phi) is 5.16. The first-order valence-corrected chi connectivity index (χ1v) is 7.09. The highest BCUT2D eigenvalue weighted by atomic mass is 35.5. The van der Waals surface area contributed by atoms with E-state index in [2.05, 4.69) is 0 Å². The van der Waals surface area contributed by atoms with Crippen LogP contribution in [0.25, 0.3) is 0 Å². The molecule has 1 saturated carbocycles. The van der Waals surface area contributed by atoms with Gasteiger partial charge in [-0.05, 0) is 24.5 Å². The lowest BCUT2D eigenvalue weighted by atomic mass is 10.1. The molecular weight excluding hydrogens is 266 g/mol. The van der Waals surface area contributed by atoms with Crippen LogP contribution in [0.15, 0.2) is 18.2 Å². The molecular formula is C14H18ClNO3. The van der Waals surface area contributed by atoms with E-state index in [1.54, 1.807) is 12.1 Å². The third kappa shape index (κ3) is 4.18. The van der Waals surface area contributed by atoms with Gasteiger partial charge in [-0.2, -0.15) is 0 Å². The van der Waals surface area contributed by atoms with Gasteiger partial charge < -0.3 is 4.74 Å². The van der Waals surface area contributed by atoms with Crippen LogP contribution in [-0.2, 0) is 11.3 Å². The molecule has 0 heterocycles. The lowest BCUT2D eigenvalue weighted by Gasteiger charge is -2.15. The zero-order valence-corrected chi connectivity index (χ0v) is 11.6. The molecule has 0 spiro atoms. The van der Waals surface area contributed by atoms with E-state index >= 15 is 0 Å². The van der Waals surface area contributed by atoms with E-state index < -0.39 is 4.92 Å². The van der Waals surface area contributed by atoms with Gasteiger partial charge in [0.1, 0.15) is 5.02 Å². The molecule has 1 fully saturated rings. The maximum absolute atomic E-state index is 10.8. The highest BCUT2D eigenvalue weighted by Gasteiger charge is 2.15. The summed E-state index contributed by atoms with van der Waals surface area (Å²) < 4.78 is 5.86. The number of nitro groups is 1. The van der Waals surface area contributed by atoms with Crippen LogP contribution in [0.5, 0.6) is 0 Å². The third-order valence-corrected chi connectivity index (χ3v) is 3.81. The molecule has 0 saturated heterocycles. The molecule has 104 valence electrons. The van der Waals surface area contributed by atoms with E-state index in [9.17, 15) is 10.1 Å². The number of benzene rings is 1. The number of ether oxygens (including phenoxy) is 1. The molecule has 0 atom stereocenters. The first-order valence-electron chi connectivity index (χ1n) is 6.71. The van der Waals surface area contributed by atoms with Gasteiger partial charge in [-0.3, -0.25) is 10.1 Å². The number of hydrogen-bond acceptors (Lipinski definition) is 3. The summed E-state index contributed by atoms with van der Waals surface area (Å²) in [6.45, 7) is 0.419. The van der Waals surface area contributed by atoms with E-state index in [1.165, 1.54) is 31.7 Å². The number of nitro benzene ring substituents is 1. The van der Waals surface area contributed by atoms with Crippen molar-refractivity contribution in [2.75, 3.05) is 0 Å². The minimum atomic E-state index is -0.461. The van der Waals surface area contributed by atoms with E-state index in [4.69, 9.17) is 16.3 Å². The number of halogens is 1. The second-order valence-corrected chi connectivity index (χ2v) is 5.37. The van der Waals surface area contributed by atoms with Gasteiger partial charge in [0.15, 0.2) is 0 Å². The number of nitrogens with zero attached hydrogens (tertiary/aromatic N) is 1. The standard InChI is InChI=1S/C14H18ClNO3/c15-13-8-7-11(9-14(13)16(17)18)10-19-12-5-3-1-2-4-6-12/h7-9,12H,1-6,10H2. The predicted molar refractivity (Wildman–Crippen MR) is 74.4 cm³/mol. The molecule has 19 heavy (non-hydrogen) atoms. The molecule has 4 nitrogen and oxygen atoms in total. The van der Waals surface area contributed by atoms with Crippen LogP contribution in [0.1, 0.15) is 44.1 Å². The molecule has 1 aromatic carbocycles. The van der Waals surface area contributed by atoms with Gasteiger partial charge in [0.05, 0.1) is 17.6 Å². The van der Waals surface area contributed by atoms with Crippen molar-refractivity contribution in [3.63, 3.8) is 0 Å². The van der Waals surface area contributed by atoms with Crippen LogP contribution in [0, 0.1) is 10.1 Å². The van der Waals surface area contributed by atoms with Crippen LogP contribution >= 0.6 is 11.6 Å². The summed E-state index contributed by atoms with van der Waals surface area (Å²) in [5.74, 6) is 0. The summed E-state index contributed by atoms with van der Waals surface area (Å²) in [4.78, 5) is 10.3. The Hall–Kier alpha value is -1.13. The van der Waals surface area contributed by atoms with E-state index in [-0.39, 0.29) is 16.8 Å². The number of rotatable bonds is 4. The molecule has 0 N–H and O–H groups in total. The van der Waals surface area contributed by atoms with Gasteiger partial charge in [0.25, 0.3) is 5.69 Å². The lowest BCUT2D eigenvalue weighted by molar-refractivity contribution is -0.384. The van der Waals surface area contributed by atoms with Crippen molar-refractivity contribution in [3.8, 4) is 0 Å². The van der Waals surface area contributed by atoms with Crippen molar-refractivity contribution in [1.82, 2.24) is 0 Å². The molecule has 0 aromatic heterocycles. The smallest absolute Gasteiger partial charge is 0.288 e. The normalized spacial score (nSPS) is 17.1. The van der Waals surface area contributed by atoms with Crippen molar-refractivity contribution in [1.29, 1.82) is 0 Å². The van der Waals surface area contributed by atoms with E-state index in [0.717, 1.165) is 18.4 Å². The molecule has 0 bridgehead atoms. The van der Waals surface area contributed by atoms with Crippen molar-refractivity contribution in [2.45, 2.75) is 51.2 Å². The maximum Gasteiger partial charge on any atom is 0.288 e. The van der Waals surface area contributed by atoms with Crippen LogP contribution in [0.3, 0.4) is 0 Å². The van der Waals surface area contributed by atoms with Crippen molar-refractivity contribution in [2.24, 2.45) is 0 Å². The molecule has 1 aromatic rings. The Morgan fingerprint density at radius 1 is 1.26 bits per heavy atom.